The van der Waals surface area contributed by atoms with E-state index in [9.17, 15) is 19.1 Å². The number of halogens is 1. The van der Waals surface area contributed by atoms with E-state index in [1.54, 1.807) is 18.3 Å². The zero-order valence-corrected chi connectivity index (χ0v) is 17.0. The Hall–Kier alpha value is -3.26. The summed E-state index contributed by atoms with van der Waals surface area (Å²) in [5.41, 5.74) is 0.377. The van der Waals surface area contributed by atoms with Gasteiger partial charge in [-0.2, -0.15) is 0 Å². The van der Waals surface area contributed by atoms with Crippen LogP contribution in [0.15, 0.2) is 48.3 Å². The summed E-state index contributed by atoms with van der Waals surface area (Å²) in [6.45, 7) is 4.08. The number of pyridine rings is 1. The van der Waals surface area contributed by atoms with E-state index in [0.717, 1.165) is 6.07 Å². The molecule has 3 rings (SSSR count). The number of hydrogen-bond acceptors (Lipinski definition) is 6. The molecule has 1 N–H and O–H groups in total. The van der Waals surface area contributed by atoms with Crippen molar-refractivity contribution in [2.45, 2.75) is 26.0 Å². The number of aliphatic hydroxyl groups excluding tert-OH is 1. The first-order chi connectivity index (χ1) is 14.3. The maximum Gasteiger partial charge on any atom is 0.295 e. The van der Waals surface area contributed by atoms with E-state index >= 15 is 0 Å². The molecule has 0 radical (unpaired) electrons. The van der Waals surface area contributed by atoms with Crippen molar-refractivity contribution < 1.29 is 28.6 Å². The molecule has 7 nitrogen and oxygen atoms in total. The summed E-state index contributed by atoms with van der Waals surface area (Å²) in [4.78, 5) is 31.1. The number of benzene rings is 1. The highest BCUT2D eigenvalue weighted by molar-refractivity contribution is 6.46. The Labute approximate surface area is 173 Å². The number of carbonyl (C=O) groups excluding carboxylic acids is 2. The number of methoxy groups -OCH3 is 1. The molecule has 1 aromatic carbocycles. The molecule has 158 valence electrons. The van der Waals surface area contributed by atoms with Crippen LogP contribution in [0.25, 0.3) is 5.76 Å². The summed E-state index contributed by atoms with van der Waals surface area (Å²) in [5, 5.41) is 11.0. The Bertz CT molecular complexity index is 975. The fourth-order valence-electron chi connectivity index (χ4n) is 3.39. The van der Waals surface area contributed by atoms with Gasteiger partial charge in [-0.25, -0.2) is 4.39 Å². The topological polar surface area (TPSA) is 89.0 Å². The summed E-state index contributed by atoms with van der Waals surface area (Å²) >= 11 is 0. The molecule has 1 aliphatic heterocycles. The third-order valence-electron chi connectivity index (χ3n) is 4.74. The van der Waals surface area contributed by atoms with Gasteiger partial charge in [0, 0.05) is 18.9 Å². The van der Waals surface area contributed by atoms with Crippen LogP contribution >= 0.6 is 0 Å². The first kappa shape index (κ1) is 21.4. The molecular formula is C22H23FN2O5. The number of aromatic nitrogens is 1. The predicted octanol–water partition coefficient (Wildman–Crippen LogP) is 3.08. The lowest BCUT2D eigenvalue weighted by Crippen LogP contribution is -2.33. The second-order valence-corrected chi connectivity index (χ2v) is 7.04. The number of Topliss-reactive ketones (excluding diaryl/α,β-unsaturated/α-hetero) is 1. The van der Waals surface area contributed by atoms with Crippen molar-refractivity contribution in [3.05, 3.63) is 65.2 Å². The van der Waals surface area contributed by atoms with Crippen LogP contribution in [0.5, 0.6) is 5.75 Å². The predicted molar refractivity (Wildman–Crippen MR) is 107 cm³/mol. The van der Waals surface area contributed by atoms with Crippen molar-refractivity contribution in [3.8, 4) is 5.75 Å². The normalized spacial score (nSPS) is 18.3. The second-order valence-electron chi connectivity index (χ2n) is 7.04. The number of hydrogen-bond donors (Lipinski definition) is 1. The number of amides is 1. The van der Waals surface area contributed by atoms with E-state index in [4.69, 9.17) is 9.47 Å². The molecule has 2 aromatic rings. The van der Waals surface area contributed by atoms with E-state index in [0.29, 0.717) is 5.56 Å². The van der Waals surface area contributed by atoms with Gasteiger partial charge < -0.3 is 19.5 Å². The SMILES string of the molecule is COc1ccc(F)cc1/C(O)=C1\C(=O)C(=O)N(CCOC(C)C)C1c1cccnc1. The van der Waals surface area contributed by atoms with E-state index < -0.39 is 29.3 Å². The molecule has 1 saturated heterocycles. The lowest BCUT2D eigenvalue weighted by molar-refractivity contribution is -0.140. The van der Waals surface area contributed by atoms with Crippen LogP contribution in [0, 0.1) is 5.82 Å². The van der Waals surface area contributed by atoms with Crippen molar-refractivity contribution in [3.63, 3.8) is 0 Å². The Morgan fingerprint density at radius 2 is 2.07 bits per heavy atom. The molecular weight excluding hydrogens is 391 g/mol. The van der Waals surface area contributed by atoms with Crippen molar-refractivity contribution in [2.24, 2.45) is 0 Å². The smallest absolute Gasteiger partial charge is 0.295 e. The molecule has 1 amide bonds. The average Bonchev–Trinajstić information content (AvgIpc) is 2.98. The van der Waals surface area contributed by atoms with Crippen molar-refractivity contribution in [2.75, 3.05) is 20.3 Å². The monoisotopic (exact) mass is 414 g/mol. The summed E-state index contributed by atoms with van der Waals surface area (Å²) in [6, 6.07) is 6.07. The van der Waals surface area contributed by atoms with Crippen LogP contribution in [0.1, 0.15) is 31.0 Å². The molecule has 0 aliphatic carbocycles. The zero-order valence-electron chi connectivity index (χ0n) is 17.0. The Kier molecular flexibility index (Phi) is 6.47. The van der Waals surface area contributed by atoms with Gasteiger partial charge in [-0.05, 0) is 43.7 Å². The van der Waals surface area contributed by atoms with Crippen molar-refractivity contribution >= 4 is 17.4 Å². The Morgan fingerprint density at radius 3 is 2.70 bits per heavy atom. The van der Waals surface area contributed by atoms with Crippen molar-refractivity contribution in [1.82, 2.24) is 9.88 Å². The van der Waals surface area contributed by atoms with Crippen LogP contribution in [-0.4, -0.2) is 53.0 Å². The average molecular weight is 414 g/mol. The van der Waals surface area contributed by atoms with Crippen LogP contribution in [0.3, 0.4) is 0 Å². The second kappa shape index (κ2) is 9.04. The Balaban J connectivity index is 2.13. The van der Waals surface area contributed by atoms with Gasteiger partial charge >= 0.3 is 0 Å². The van der Waals surface area contributed by atoms with Gasteiger partial charge in [0.2, 0.25) is 0 Å². The maximum atomic E-state index is 13.9. The first-order valence-corrected chi connectivity index (χ1v) is 9.49. The minimum atomic E-state index is -0.887. The van der Waals surface area contributed by atoms with Crippen LogP contribution in [0.4, 0.5) is 4.39 Å². The minimum absolute atomic E-state index is 0.0113. The van der Waals surface area contributed by atoms with Gasteiger partial charge in [-0.1, -0.05) is 6.07 Å². The summed E-state index contributed by atoms with van der Waals surface area (Å²) in [6.07, 6.45) is 3.03. The zero-order chi connectivity index (χ0) is 21.8. The third-order valence-corrected chi connectivity index (χ3v) is 4.74. The van der Waals surface area contributed by atoms with E-state index in [-0.39, 0.29) is 36.1 Å². The molecule has 0 spiro atoms. The summed E-state index contributed by atoms with van der Waals surface area (Å²) in [7, 11) is 1.37. The first-order valence-electron chi connectivity index (χ1n) is 9.49. The minimum Gasteiger partial charge on any atom is -0.507 e. The largest absolute Gasteiger partial charge is 0.507 e. The Morgan fingerprint density at radius 1 is 1.30 bits per heavy atom. The molecule has 1 aromatic heterocycles. The number of rotatable bonds is 7. The van der Waals surface area contributed by atoms with Crippen molar-refractivity contribution in [1.29, 1.82) is 0 Å². The standard InChI is InChI=1S/C22H23FN2O5/c1-13(2)30-10-9-25-19(14-5-4-8-24-12-14)18(21(27)22(25)28)20(26)16-11-15(23)6-7-17(16)29-3/h4-8,11-13,19,26H,9-10H2,1-3H3/b20-18+. The van der Waals surface area contributed by atoms with E-state index in [1.165, 1.54) is 30.3 Å². The van der Waals surface area contributed by atoms with Gasteiger partial charge in [-0.3, -0.25) is 14.6 Å². The molecule has 1 atom stereocenters. The molecule has 1 fully saturated rings. The van der Waals surface area contributed by atoms with E-state index in [1.807, 2.05) is 13.8 Å². The third kappa shape index (κ3) is 4.18. The van der Waals surface area contributed by atoms with Gasteiger partial charge in [0.05, 0.1) is 37.0 Å². The van der Waals surface area contributed by atoms with Gasteiger partial charge in [0.1, 0.15) is 17.3 Å². The van der Waals surface area contributed by atoms with Gasteiger partial charge in [-0.15, -0.1) is 0 Å². The molecule has 8 heteroatoms. The number of likely N-dealkylation sites (tertiary alicyclic amines) is 1. The number of nitrogens with zero attached hydrogens (tertiary/aromatic N) is 2. The molecule has 30 heavy (non-hydrogen) atoms. The molecule has 1 aliphatic rings. The highest BCUT2D eigenvalue weighted by atomic mass is 19.1. The van der Waals surface area contributed by atoms with Gasteiger partial charge in [0.25, 0.3) is 11.7 Å². The summed E-state index contributed by atoms with van der Waals surface area (Å²) in [5.74, 6) is -2.58. The van der Waals surface area contributed by atoms with Gasteiger partial charge in [0.15, 0.2) is 0 Å². The lowest BCUT2D eigenvalue weighted by Gasteiger charge is -2.25. The van der Waals surface area contributed by atoms with Crippen LogP contribution in [-0.2, 0) is 14.3 Å². The summed E-state index contributed by atoms with van der Waals surface area (Å²) < 4.78 is 24.6. The van der Waals surface area contributed by atoms with Crippen LogP contribution < -0.4 is 4.74 Å². The molecule has 0 saturated carbocycles. The molecule has 2 heterocycles. The lowest BCUT2D eigenvalue weighted by atomic mass is 9.96. The fourth-order valence-corrected chi connectivity index (χ4v) is 3.39. The highest BCUT2D eigenvalue weighted by Gasteiger charge is 2.46. The fraction of sp³-hybridized carbons (Fsp3) is 0.318. The molecule has 1 unspecified atom stereocenters. The number of ether oxygens (including phenoxy) is 2. The maximum absolute atomic E-state index is 13.9. The highest BCUT2D eigenvalue weighted by Crippen LogP contribution is 2.40. The quantitative estimate of drug-likeness (QED) is 0.426. The van der Waals surface area contributed by atoms with E-state index in [2.05, 4.69) is 4.98 Å². The number of aliphatic hydroxyl groups is 1. The number of ketones is 1. The van der Waals surface area contributed by atoms with Crippen LogP contribution in [0.2, 0.25) is 0 Å². The number of carbonyl (C=O) groups is 2. The molecule has 0 bridgehead atoms.